The smallest absolute Gasteiger partial charge is 0.341 e. The molecule has 132 valence electrons. The quantitative estimate of drug-likeness (QED) is 0.768. The van der Waals surface area contributed by atoms with Gasteiger partial charge in [-0.25, -0.2) is 17.9 Å². The highest BCUT2D eigenvalue weighted by Crippen LogP contribution is 2.50. The van der Waals surface area contributed by atoms with Crippen LogP contribution in [0, 0.1) is 0 Å². The van der Waals surface area contributed by atoms with E-state index in [4.69, 9.17) is 14.6 Å². The zero-order valence-corrected chi connectivity index (χ0v) is 14.2. The number of ether oxygens (including phenoxy) is 2. The third-order valence-electron chi connectivity index (χ3n) is 4.39. The summed E-state index contributed by atoms with van der Waals surface area (Å²) >= 11 is 0. The van der Waals surface area contributed by atoms with Crippen LogP contribution in [-0.4, -0.2) is 44.0 Å². The van der Waals surface area contributed by atoms with Gasteiger partial charge in [-0.15, -0.1) is 0 Å². The lowest BCUT2D eigenvalue weighted by atomic mass is 9.94. The van der Waals surface area contributed by atoms with Gasteiger partial charge in [-0.3, -0.25) is 0 Å². The Bertz CT molecular complexity index is 732. The van der Waals surface area contributed by atoms with Crippen molar-refractivity contribution in [3.8, 4) is 11.5 Å². The zero-order chi connectivity index (χ0) is 17.3. The molecule has 0 aromatic heterocycles. The molecule has 7 nitrogen and oxygen atoms in total. The van der Waals surface area contributed by atoms with Crippen molar-refractivity contribution < 1.29 is 27.8 Å². The van der Waals surface area contributed by atoms with E-state index in [1.807, 2.05) is 13.0 Å². The van der Waals surface area contributed by atoms with Crippen LogP contribution in [0.25, 0.3) is 0 Å². The number of benzene rings is 1. The van der Waals surface area contributed by atoms with E-state index in [0.29, 0.717) is 17.9 Å². The second kappa shape index (κ2) is 6.60. The fourth-order valence-corrected chi connectivity index (χ4v) is 4.91. The third-order valence-corrected chi connectivity index (χ3v) is 6.00. The Morgan fingerprint density at radius 2 is 2.21 bits per heavy atom. The molecular weight excluding hydrogens is 334 g/mol. The van der Waals surface area contributed by atoms with Crippen LogP contribution in [0.2, 0.25) is 0 Å². The normalized spacial score (nSPS) is 25.0. The maximum atomic E-state index is 12.1. The number of rotatable bonds is 7. The first-order valence-corrected chi connectivity index (χ1v) is 9.70. The Morgan fingerprint density at radius 3 is 2.92 bits per heavy atom. The molecule has 1 aliphatic carbocycles. The Kier molecular flexibility index (Phi) is 4.69. The molecule has 8 heteroatoms. The van der Waals surface area contributed by atoms with Crippen LogP contribution in [0.1, 0.15) is 37.7 Å². The van der Waals surface area contributed by atoms with Gasteiger partial charge < -0.3 is 14.6 Å². The van der Waals surface area contributed by atoms with Crippen molar-refractivity contribution in [2.75, 3.05) is 12.4 Å². The Labute approximate surface area is 141 Å². The van der Waals surface area contributed by atoms with Crippen molar-refractivity contribution in [2.45, 2.75) is 44.2 Å². The van der Waals surface area contributed by atoms with Crippen molar-refractivity contribution in [2.24, 2.45) is 0 Å². The van der Waals surface area contributed by atoms with E-state index >= 15 is 0 Å². The molecule has 1 saturated carbocycles. The van der Waals surface area contributed by atoms with Crippen molar-refractivity contribution in [1.29, 1.82) is 0 Å². The molecule has 3 atom stereocenters. The molecule has 0 spiro atoms. The van der Waals surface area contributed by atoms with Crippen LogP contribution in [0.4, 0.5) is 0 Å². The molecule has 2 N–H and O–H groups in total. The maximum absolute atomic E-state index is 12.1. The highest BCUT2D eigenvalue weighted by Gasteiger charge is 2.46. The number of hydrogen-bond acceptors (Lipinski definition) is 5. The van der Waals surface area contributed by atoms with Gasteiger partial charge in [0.15, 0.2) is 18.1 Å². The number of nitrogens with one attached hydrogen (secondary N) is 1. The van der Waals surface area contributed by atoms with E-state index in [-0.39, 0.29) is 23.8 Å². The minimum Gasteiger partial charge on any atom is -0.486 e. The van der Waals surface area contributed by atoms with E-state index in [2.05, 4.69) is 4.72 Å². The van der Waals surface area contributed by atoms with Crippen molar-refractivity contribution >= 4 is 16.0 Å². The Balaban J connectivity index is 1.82. The van der Waals surface area contributed by atoms with Crippen LogP contribution in [0.15, 0.2) is 18.2 Å². The zero-order valence-electron chi connectivity index (χ0n) is 13.4. The molecule has 0 radical (unpaired) electrons. The number of fused-ring (bicyclic) bond motifs is 3. The van der Waals surface area contributed by atoms with Crippen molar-refractivity contribution in [3.05, 3.63) is 23.8 Å². The van der Waals surface area contributed by atoms with Gasteiger partial charge >= 0.3 is 5.97 Å². The summed E-state index contributed by atoms with van der Waals surface area (Å²) in [5.74, 6) is -0.0975. The SMILES string of the molecule is CCCS(=O)(=O)NC1CCC2Oc3c(OCC(=O)O)cccc3C12. The van der Waals surface area contributed by atoms with Crippen LogP contribution in [0.3, 0.4) is 0 Å². The summed E-state index contributed by atoms with van der Waals surface area (Å²) in [7, 11) is -3.30. The predicted molar refractivity (Wildman–Crippen MR) is 87.0 cm³/mol. The highest BCUT2D eigenvalue weighted by molar-refractivity contribution is 7.89. The topological polar surface area (TPSA) is 102 Å². The summed E-state index contributed by atoms with van der Waals surface area (Å²) in [4.78, 5) is 10.7. The number of carbonyl (C=O) groups is 1. The van der Waals surface area contributed by atoms with Gasteiger partial charge in [0, 0.05) is 17.5 Å². The lowest BCUT2D eigenvalue weighted by Gasteiger charge is -2.19. The lowest BCUT2D eigenvalue weighted by Crippen LogP contribution is -2.38. The summed E-state index contributed by atoms with van der Waals surface area (Å²) in [5.41, 5.74) is 0.879. The maximum Gasteiger partial charge on any atom is 0.341 e. The number of para-hydroxylation sites is 1. The molecule has 0 amide bonds. The summed E-state index contributed by atoms with van der Waals surface area (Å²) in [6.45, 7) is 1.39. The highest BCUT2D eigenvalue weighted by atomic mass is 32.2. The fraction of sp³-hybridized carbons (Fsp3) is 0.562. The number of hydrogen-bond donors (Lipinski definition) is 2. The number of aliphatic carboxylic acids is 1. The molecule has 1 aromatic rings. The average Bonchev–Trinajstić information content (AvgIpc) is 3.05. The van der Waals surface area contributed by atoms with Crippen molar-refractivity contribution in [3.63, 3.8) is 0 Å². The number of sulfonamides is 1. The molecule has 1 aromatic carbocycles. The molecular formula is C16H21NO6S. The average molecular weight is 355 g/mol. The Hall–Kier alpha value is -1.80. The van der Waals surface area contributed by atoms with E-state index in [1.54, 1.807) is 12.1 Å². The van der Waals surface area contributed by atoms with Crippen LogP contribution in [0.5, 0.6) is 11.5 Å². The second-order valence-corrected chi connectivity index (χ2v) is 8.03. The summed E-state index contributed by atoms with van der Waals surface area (Å²) < 4.78 is 38.2. The minimum atomic E-state index is -3.30. The Morgan fingerprint density at radius 1 is 1.42 bits per heavy atom. The first-order chi connectivity index (χ1) is 11.4. The monoisotopic (exact) mass is 355 g/mol. The number of carboxylic acids is 1. The molecule has 24 heavy (non-hydrogen) atoms. The van der Waals surface area contributed by atoms with Crippen LogP contribution < -0.4 is 14.2 Å². The van der Waals surface area contributed by atoms with Gasteiger partial charge in [0.1, 0.15) is 6.10 Å². The predicted octanol–water partition coefficient (Wildman–Crippen LogP) is 1.49. The van der Waals surface area contributed by atoms with Gasteiger partial charge in [0.2, 0.25) is 10.0 Å². The summed E-state index contributed by atoms with van der Waals surface area (Å²) in [6.07, 6.45) is 1.93. The fourth-order valence-electron chi connectivity index (χ4n) is 3.53. The van der Waals surface area contributed by atoms with Crippen molar-refractivity contribution in [1.82, 2.24) is 4.72 Å². The van der Waals surface area contributed by atoms with Gasteiger partial charge in [0.25, 0.3) is 0 Å². The van der Waals surface area contributed by atoms with Crippen LogP contribution in [-0.2, 0) is 14.8 Å². The van der Waals surface area contributed by atoms with E-state index in [1.165, 1.54) is 0 Å². The molecule has 1 aliphatic heterocycles. The standard InChI is InChI=1S/C16H21NO6S/c1-2-8-24(20,21)17-11-6-7-12-15(11)10-4-3-5-13(16(10)23-12)22-9-14(18)19/h3-5,11-12,15,17H,2,6-9H2,1H3,(H,18,19). The third kappa shape index (κ3) is 3.34. The number of carboxylic acid groups (broad SMARTS) is 1. The van der Waals surface area contributed by atoms with Gasteiger partial charge in [-0.1, -0.05) is 19.1 Å². The molecule has 0 saturated heterocycles. The van der Waals surface area contributed by atoms with Gasteiger partial charge in [0.05, 0.1) is 5.75 Å². The first-order valence-electron chi connectivity index (χ1n) is 8.05. The largest absolute Gasteiger partial charge is 0.486 e. The van der Waals surface area contributed by atoms with E-state index in [9.17, 15) is 13.2 Å². The second-order valence-electron chi connectivity index (χ2n) is 6.16. The molecule has 2 aliphatic rings. The van der Waals surface area contributed by atoms with Crippen LogP contribution >= 0.6 is 0 Å². The summed E-state index contributed by atoms with van der Waals surface area (Å²) in [5, 5.41) is 8.76. The van der Waals surface area contributed by atoms with Gasteiger partial charge in [-0.2, -0.15) is 0 Å². The first kappa shape index (κ1) is 17.0. The van der Waals surface area contributed by atoms with Gasteiger partial charge in [-0.05, 0) is 25.3 Å². The lowest BCUT2D eigenvalue weighted by molar-refractivity contribution is -0.139. The molecule has 3 unspecified atom stereocenters. The molecule has 1 heterocycles. The molecule has 1 fully saturated rings. The minimum absolute atomic E-state index is 0.0694. The molecule has 3 rings (SSSR count). The summed E-state index contributed by atoms with van der Waals surface area (Å²) in [6, 6.07) is 5.12. The molecule has 0 bridgehead atoms. The van der Waals surface area contributed by atoms with E-state index in [0.717, 1.165) is 18.4 Å². The van der Waals surface area contributed by atoms with E-state index < -0.39 is 22.6 Å².